The van der Waals surface area contributed by atoms with Gasteiger partial charge in [0, 0.05) is 6.42 Å². The summed E-state index contributed by atoms with van der Waals surface area (Å²) in [5.74, 6) is -0.507. The average Bonchev–Trinajstić information content (AvgIpc) is 2.67. The zero-order chi connectivity index (χ0) is 23.1. The van der Waals surface area contributed by atoms with Crippen molar-refractivity contribution in [3.05, 3.63) is 60.2 Å². The Kier molecular flexibility index (Phi) is 7.87. The van der Waals surface area contributed by atoms with Crippen molar-refractivity contribution in [3.8, 4) is 11.5 Å². The minimum absolute atomic E-state index is 0.0226. The van der Waals surface area contributed by atoms with Crippen LogP contribution in [0.15, 0.2) is 54.6 Å². The Hall–Kier alpha value is -3.27. The molecule has 1 N–H and O–H groups in total. The highest BCUT2D eigenvalue weighted by Crippen LogP contribution is 2.19. The molecule has 0 aliphatic carbocycles. The molecule has 1 atom stereocenters. The van der Waals surface area contributed by atoms with Crippen LogP contribution in [0.2, 0.25) is 0 Å². The monoisotopic (exact) mass is 451 g/mol. The fraction of sp³-hybridized carbons (Fsp3) is 0.333. The molecule has 0 heterocycles. The fourth-order valence-corrected chi connectivity index (χ4v) is 3.16. The number of carbonyl (C=O) groups is 2. The Morgan fingerprint density at radius 3 is 2.00 bits per heavy atom. The van der Waals surface area contributed by atoms with Gasteiger partial charge in [-0.3, -0.25) is 0 Å². The van der Waals surface area contributed by atoms with Crippen LogP contribution in [0.3, 0.4) is 0 Å². The summed E-state index contributed by atoms with van der Waals surface area (Å²) in [6.07, 6.45) is -0.661. The third-order valence-electron chi connectivity index (χ3n) is 3.68. The van der Waals surface area contributed by atoms with E-state index in [1.54, 1.807) is 51.1 Å². The maximum Gasteiger partial charge on any atom is 0.500 e. The number of carbonyl (C=O) groups excluding carboxylic acids is 2. The van der Waals surface area contributed by atoms with Gasteiger partial charge in [-0.15, -0.1) is 8.42 Å². The van der Waals surface area contributed by atoms with E-state index < -0.39 is 34.1 Å². The Labute approximate surface area is 181 Å². The van der Waals surface area contributed by atoms with Crippen LogP contribution in [0.1, 0.15) is 26.3 Å². The van der Waals surface area contributed by atoms with E-state index >= 15 is 0 Å². The second-order valence-electron chi connectivity index (χ2n) is 7.46. The lowest BCUT2D eigenvalue weighted by atomic mass is 10.1. The lowest BCUT2D eigenvalue weighted by Crippen LogP contribution is -2.45. The summed E-state index contributed by atoms with van der Waals surface area (Å²) in [5, 5.41) is 2.47. The van der Waals surface area contributed by atoms with Gasteiger partial charge in [-0.05, 0) is 50.6 Å². The summed E-state index contributed by atoms with van der Waals surface area (Å²) in [4.78, 5) is 24.0. The summed E-state index contributed by atoms with van der Waals surface area (Å²) >= 11 is 0. The van der Waals surface area contributed by atoms with Crippen LogP contribution in [-0.2, 0) is 31.1 Å². The minimum Gasteiger partial charge on any atom is -0.467 e. The molecule has 0 bridgehead atoms. The SMILES string of the molecule is COC(=O)[C@H](Cc1ccc(OS(=O)(=O)Oc2ccccc2)cc1)NC(=O)OC(C)(C)C. The van der Waals surface area contributed by atoms with Gasteiger partial charge in [-0.2, -0.15) is 0 Å². The average molecular weight is 451 g/mol. The number of esters is 1. The van der Waals surface area contributed by atoms with Crippen molar-refractivity contribution in [1.29, 1.82) is 0 Å². The van der Waals surface area contributed by atoms with Gasteiger partial charge in [-0.1, -0.05) is 30.3 Å². The normalized spacial score (nSPS) is 12.4. The summed E-state index contributed by atoms with van der Waals surface area (Å²) in [7, 11) is -3.11. The number of rotatable bonds is 8. The molecule has 9 nitrogen and oxygen atoms in total. The van der Waals surface area contributed by atoms with E-state index in [0.29, 0.717) is 5.56 Å². The predicted molar refractivity (Wildman–Crippen MR) is 112 cm³/mol. The topological polar surface area (TPSA) is 117 Å². The Balaban J connectivity index is 2.03. The second-order valence-corrected chi connectivity index (χ2v) is 8.61. The molecule has 0 saturated carbocycles. The fourth-order valence-electron chi connectivity index (χ4n) is 2.43. The summed E-state index contributed by atoms with van der Waals surface area (Å²) < 4.78 is 43.7. The van der Waals surface area contributed by atoms with Gasteiger partial charge in [0.05, 0.1) is 7.11 Å². The lowest BCUT2D eigenvalue weighted by molar-refractivity contribution is -0.143. The Morgan fingerprint density at radius 2 is 1.48 bits per heavy atom. The van der Waals surface area contributed by atoms with Crippen molar-refractivity contribution in [3.63, 3.8) is 0 Å². The number of amides is 1. The quantitative estimate of drug-likeness (QED) is 0.609. The van der Waals surface area contributed by atoms with E-state index in [1.807, 2.05) is 0 Å². The Bertz CT molecular complexity index is 982. The van der Waals surface area contributed by atoms with Crippen LogP contribution >= 0.6 is 0 Å². The van der Waals surface area contributed by atoms with Crippen LogP contribution in [0.25, 0.3) is 0 Å². The summed E-state index contributed by atoms with van der Waals surface area (Å²) in [6.45, 7) is 5.11. The summed E-state index contributed by atoms with van der Waals surface area (Å²) in [5.41, 5.74) is -0.1000. The number of ether oxygens (including phenoxy) is 2. The van der Waals surface area contributed by atoms with E-state index in [4.69, 9.17) is 17.8 Å². The van der Waals surface area contributed by atoms with Crippen LogP contribution in [0, 0.1) is 0 Å². The molecule has 0 radical (unpaired) electrons. The van der Waals surface area contributed by atoms with Gasteiger partial charge in [0.1, 0.15) is 23.1 Å². The highest BCUT2D eigenvalue weighted by molar-refractivity contribution is 7.82. The molecule has 31 heavy (non-hydrogen) atoms. The molecule has 1 amide bonds. The molecule has 0 aliphatic rings. The number of nitrogens with one attached hydrogen (secondary N) is 1. The maximum absolute atomic E-state index is 12.0. The highest BCUT2D eigenvalue weighted by Gasteiger charge is 2.25. The second kappa shape index (κ2) is 10.2. The third kappa shape index (κ3) is 8.55. The van der Waals surface area contributed by atoms with E-state index in [0.717, 1.165) is 0 Å². The molecule has 0 saturated heterocycles. The van der Waals surface area contributed by atoms with Gasteiger partial charge in [0.15, 0.2) is 0 Å². The van der Waals surface area contributed by atoms with E-state index in [-0.39, 0.29) is 17.9 Å². The van der Waals surface area contributed by atoms with Crippen molar-refractivity contribution < 1.29 is 35.8 Å². The lowest BCUT2D eigenvalue weighted by Gasteiger charge is -2.22. The van der Waals surface area contributed by atoms with Crippen molar-refractivity contribution >= 4 is 22.5 Å². The number of benzene rings is 2. The number of hydrogen-bond acceptors (Lipinski definition) is 8. The third-order valence-corrected chi connectivity index (χ3v) is 4.47. The van der Waals surface area contributed by atoms with Gasteiger partial charge in [-0.25, -0.2) is 9.59 Å². The van der Waals surface area contributed by atoms with Crippen molar-refractivity contribution in [1.82, 2.24) is 5.32 Å². The molecule has 0 fully saturated rings. The standard InChI is InChI=1S/C21H25NO8S/c1-21(2,3)28-20(24)22-18(19(23)27-4)14-15-10-12-17(13-11-15)30-31(25,26)29-16-8-6-5-7-9-16/h5-13,18H,14H2,1-4H3,(H,22,24)/t18-/m0/s1. The molecule has 2 aromatic rings. The van der Waals surface area contributed by atoms with Crippen molar-refractivity contribution in [2.75, 3.05) is 7.11 Å². The molecule has 10 heteroatoms. The van der Waals surface area contributed by atoms with Crippen LogP contribution in [-0.4, -0.2) is 39.2 Å². The zero-order valence-corrected chi connectivity index (χ0v) is 18.5. The first-order valence-electron chi connectivity index (χ1n) is 9.32. The smallest absolute Gasteiger partial charge is 0.467 e. The molecule has 0 spiro atoms. The van der Waals surface area contributed by atoms with Crippen LogP contribution in [0.5, 0.6) is 11.5 Å². The number of methoxy groups -OCH3 is 1. The molecular formula is C21H25NO8S. The van der Waals surface area contributed by atoms with E-state index in [1.165, 1.54) is 31.4 Å². The highest BCUT2D eigenvalue weighted by atomic mass is 32.3. The predicted octanol–water partition coefficient (Wildman–Crippen LogP) is 3.00. The number of alkyl carbamates (subject to hydrolysis) is 1. The maximum atomic E-state index is 12.0. The molecule has 0 aromatic heterocycles. The van der Waals surface area contributed by atoms with Crippen molar-refractivity contribution in [2.45, 2.75) is 38.8 Å². The first-order valence-corrected chi connectivity index (χ1v) is 10.7. The molecule has 0 aliphatic heterocycles. The van der Waals surface area contributed by atoms with Gasteiger partial charge >= 0.3 is 22.5 Å². The summed E-state index contributed by atoms with van der Waals surface area (Å²) in [6, 6.07) is 12.9. The molecule has 168 valence electrons. The van der Waals surface area contributed by atoms with Gasteiger partial charge in [0.25, 0.3) is 0 Å². The number of hydrogen-bond donors (Lipinski definition) is 1. The van der Waals surface area contributed by atoms with E-state index in [2.05, 4.69) is 5.32 Å². The largest absolute Gasteiger partial charge is 0.500 e. The van der Waals surface area contributed by atoms with Crippen LogP contribution < -0.4 is 13.7 Å². The molecule has 2 rings (SSSR count). The molecular weight excluding hydrogens is 426 g/mol. The van der Waals surface area contributed by atoms with E-state index in [9.17, 15) is 18.0 Å². The van der Waals surface area contributed by atoms with Gasteiger partial charge in [0.2, 0.25) is 0 Å². The Morgan fingerprint density at radius 1 is 0.935 bits per heavy atom. The van der Waals surface area contributed by atoms with Crippen molar-refractivity contribution in [2.24, 2.45) is 0 Å². The molecule has 2 aromatic carbocycles. The first-order chi connectivity index (χ1) is 14.5. The minimum atomic E-state index is -4.32. The first kappa shape index (κ1) is 24.0. The van der Waals surface area contributed by atoms with Gasteiger partial charge < -0.3 is 23.2 Å². The zero-order valence-electron chi connectivity index (χ0n) is 17.7. The number of para-hydroxylation sites is 1. The molecule has 0 unspecified atom stereocenters. The van der Waals surface area contributed by atoms with Crippen LogP contribution in [0.4, 0.5) is 4.79 Å².